The van der Waals surface area contributed by atoms with E-state index >= 15 is 0 Å². The van der Waals surface area contributed by atoms with Crippen LogP contribution in [0, 0.1) is 0 Å². The van der Waals surface area contributed by atoms with Crippen molar-refractivity contribution in [3.63, 3.8) is 0 Å². The Morgan fingerprint density at radius 1 is 0.913 bits per heavy atom. The Labute approximate surface area is 138 Å². The summed E-state index contributed by atoms with van der Waals surface area (Å²) in [6, 6.07) is 17.0. The molecule has 3 aromatic rings. The number of hydrogen-bond acceptors (Lipinski definition) is 3. The van der Waals surface area contributed by atoms with Crippen LogP contribution in [0.5, 0.6) is 0 Å². The predicted molar refractivity (Wildman–Crippen MR) is 100 cm³/mol. The van der Waals surface area contributed by atoms with E-state index in [1.54, 1.807) is 0 Å². The zero-order valence-corrected chi connectivity index (χ0v) is 14.0. The lowest BCUT2D eigenvalue weighted by Gasteiger charge is -2.17. The summed E-state index contributed by atoms with van der Waals surface area (Å²) in [5, 5.41) is 7.20. The fourth-order valence-electron chi connectivity index (χ4n) is 3.04. The van der Waals surface area contributed by atoms with Gasteiger partial charge in [-0.25, -0.2) is 4.98 Å². The summed E-state index contributed by atoms with van der Waals surface area (Å²) in [6.07, 6.45) is 1.14. The predicted octanol–water partition coefficient (Wildman–Crippen LogP) is 4.53. The van der Waals surface area contributed by atoms with Crippen molar-refractivity contribution < 1.29 is 0 Å². The lowest BCUT2D eigenvalue weighted by Crippen LogP contribution is -2.25. The van der Waals surface area contributed by atoms with E-state index < -0.39 is 0 Å². The first-order valence-electron chi connectivity index (χ1n) is 8.56. The first-order chi connectivity index (χ1) is 11.3. The third-order valence-corrected chi connectivity index (χ3v) is 4.45. The maximum Gasteiger partial charge on any atom is 0.126 e. The van der Waals surface area contributed by atoms with Gasteiger partial charge in [0.25, 0.3) is 0 Å². The Kier molecular flexibility index (Phi) is 5.09. The van der Waals surface area contributed by atoms with Gasteiger partial charge in [0.2, 0.25) is 0 Å². The maximum absolute atomic E-state index is 4.76. The number of fused-ring (bicyclic) bond motifs is 3. The summed E-state index contributed by atoms with van der Waals surface area (Å²) < 4.78 is 0. The molecule has 0 bridgehead atoms. The van der Waals surface area contributed by atoms with Crippen LogP contribution in [0.4, 0.5) is 5.82 Å². The number of rotatable bonds is 7. The molecule has 1 aromatic heterocycles. The van der Waals surface area contributed by atoms with E-state index in [0.29, 0.717) is 0 Å². The van der Waals surface area contributed by atoms with Crippen LogP contribution in [0.2, 0.25) is 0 Å². The molecule has 2 aromatic carbocycles. The smallest absolute Gasteiger partial charge is 0.126 e. The van der Waals surface area contributed by atoms with Crippen molar-refractivity contribution in [1.82, 2.24) is 9.88 Å². The zero-order valence-electron chi connectivity index (χ0n) is 14.0. The van der Waals surface area contributed by atoms with Crippen LogP contribution in [0.25, 0.3) is 21.7 Å². The SMILES string of the molecule is CCN(CC)CCCNc1ccc2c(ccc3ccccc32)n1. The number of hydrogen-bond donors (Lipinski definition) is 1. The van der Waals surface area contributed by atoms with Crippen LogP contribution in [-0.2, 0) is 0 Å². The first kappa shape index (κ1) is 15.8. The van der Waals surface area contributed by atoms with E-state index in [2.05, 4.69) is 72.6 Å². The molecular formula is C20H25N3. The lowest BCUT2D eigenvalue weighted by atomic mass is 10.1. The Bertz CT molecular complexity index is 778. The summed E-state index contributed by atoms with van der Waals surface area (Å²) >= 11 is 0. The van der Waals surface area contributed by atoms with Crippen LogP contribution in [0.15, 0.2) is 48.5 Å². The van der Waals surface area contributed by atoms with Gasteiger partial charge in [0.05, 0.1) is 5.52 Å². The largest absolute Gasteiger partial charge is 0.370 e. The fraction of sp³-hybridized carbons (Fsp3) is 0.350. The highest BCUT2D eigenvalue weighted by Gasteiger charge is 2.03. The molecule has 120 valence electrons. The van der Waals surface area contributed by atoms with Crippen LogP contribution < -0.4 is 5.32 Å². The minimum absolute atomic E-state index is 0.961. The molecule has 0 fully saturated rings. The lowest BCUT2D eigenvalue weighted by molar-refractivity contribution is 0.303. The van der Waals surface area contributed by atoms with Crippen molar-refractivity contribution in [2.24, 2.45) is 0 Å². The molecule has 0 amide bonds. The average Bonchev–Trinajstić information content (AvgIpc) is 2.61. The quantitative estimate of drug-likeness (QED) is 0.513. The van der Waals surface area contributed by atoms with Gasteiger partial charge in [-0.05, 0) is 55.0 Å². The number of anilines is 1. The van der Waals surface area contributed by atoms with Gasteiger partial charge in [0.1, 0.15) is 5.82 Å². The third kappa shape index (κ3) is 3.62. The highest BCUT2D eigenvalue weighted by atomic mass is 15.1. The van der Waals surface area contributed by atoms with E-state index in [9.17, 15) is 0 Å². The molecule has 3 rings (SSSR count). The first-order valence-corrected chi connectivity index (χ1v) is 8.56. The van der Waals surface area contributed by atoms with Crippen LogP contribution >= 0.6 is 0 Å². The zero-order chi connectivity index (χ0) is 16.1. The van der Waals surface area contributed by atoms with Gasteiger partial charge in [-0.1, -0.05) is 44.2 Å². The second kappa shape index (κ2) is 7.42. The molecule has 1 N–H and O–H groups in total. The van der Waals surface area contributed by atoms with E-state index in [1.165, 1.54) is 16.2 Å². The number of pyridine rings is 1. The topological polar surface area (TPSA) is 28.2 Å². The maximum atomic E-state index is 4.76. The van der Waals surface area contributed by atoms with Gasteiger partial charge in [-0.15, -0.1) is 0 Å². The highest BCUT2D eigenvalue weighted by Crippen LogP contribution is 2.25. The van der Waals surface area contributed by atoms with Crippen molar-refractivity contribution in [3.05, 3.63) is 48.5 Å². The summed E-state index contributed by atoms with van der Waals surface area (Å²) in [7, 11) is 0. The molecule has 0 unspecified atom stereocenters. The van der Waals surface area contributed by atoms with Gasteiger partial charge < -0.3 is 10.2 Å². The molecule has 1 heterocycles. The summed E-state index contributed by atoms with van der Waals surface area (Å²) in [6.45, 7) is 8.77. The summed E-state index contributed by atoms with van der Waals surface area (Å²) in [5.41, 5.74) is 1.05. The van der Waals surface area contributed by atoms with Crippen molar-refractivity contribution in [1.29, 1.82) is 0 Å². The highest BCUT2D eigenvalue weighted by molar-refractivity contribution is 6.06. The monoisotopic (exact) mass is 307 g/mol. The van der Waals surface area contributed by atoms with Gasteiger partial charge in [-0.2, -0.15) is 0 Å². The molecule has 0 aliphatic heterocycles. The number of nitrogens with zero attached hydrogens (tertiary/aromatic N) is 2. The van der Waals surface area contributed by atoms with E-state index in [1.807, 2.05) is 0 Å². The van der Waals surface area contributed by atoms with Gasteiger partial charge in [0, 0.05) is 11.9 Å². The third-order valence-electron chi connectivity index (χ3n) is 4.45. The minimum Gasteiger partial charge on any atom is -0.370 e. The van der Waals surface area contributed by atoms with Crippen molar-refractivity contribution in [3.8, 4) is 0 Å². The van der Waals surface area contributed by atoms with Crippen LogP contribution in [0.3, 0.4) is 0 Å². The molecule has 0 spiro atoms. The van der Waals surface area contributed by atoms with Gasteiger partial charge in [0.15, 0.2) is 0 Å². The van der Waals surface area contributed by atoms with E-state index in [-0.39, 0.29) is 0 Å². The number of nitrogens with one attached hydrogen (secondary N) is 1. The average molecular weight is 307 g/mol. The molecule has 0 aliphatic rings. The molecule has 0 atom stereocenters. The molecule has 0 radical (unpaired) electrons. The Hall–Kier alpha value is -2.13. The standard InChI is InChI=1S/C20H25N3/c1-3-23(4-2)15-7-14-21-20-13-11-18-17-9-6-5-8-16(17)10-12-19(18)22-20/h5-6,8-13H,3-4,7,14-15H2,1-2H3,(H,21,22). The molecule has 3 nitrogen and oxygen atoms in total. The molecule has 3 heteroatoms. The van der Waals surface area contributed by atoms with Gasteiger partial charge >= 0.3 is 0 Å². The minimum atomic E-state index is 0.961. The fourth-order valence-corrected chi connectivity index (χ4v) is 3.04. The summed E-state index contributed by atoms with van der Waals surface area (Å²) in [5.74, 6) is 0.965. The second-order valence-electron chi connectivity index (χ2n) is 5.86. The van der Waals surface area contributed by atoms with Gasteiger partial charge in [-0.3, -0.25) is 0 Å². The van der Waals surface area contributed by atoms with Crippen LogP contribution in [0.1, 0.15) is 20.3 Å². The molecule has 0 saturated carbocycles. The molecule has 0 aliphatic carbocycles. The molecular weight excluding hydrogens is 282 g/mol. The molecule has 0 saturated heterocycles. The Balaban J connectivity index is 1.70. The van der Waals surface area contributed by atoms with Crippen molar-refractivity contribution >= 4 is 27.5 Å². The van der Waals surface area contributed by atoms with Crippen molar-refractivity contribution in [2.45, 2.75) is 20.3 Å². The number of benzene rings is 2. The Morgan fingerprint density at radius 2 is 1.74 bits per heavy atom. The summed E-state index contributed by atoms with van der Waals surface area (Å²) in [4.78, 5) is 7.20. The van der Waals surface area contributed by atoms with E-state index in [4.69, 9.17) is 4.98 Å². The second-order valence-corrected chi connectivity index (χ2v) is 5.86. The normalized spacial score (nSPS) is 11.4. The molecule has 23 heavy (non-hydrogen) atoms. The van der Waals surface area contributed by atoms with Crippen LogP contribution in [-0.4, -0.2) is 36.1 Å². The van der Waals surface area contributed by atoms with E-state index in [0.717, 1.165) is 43.9 Å². The van der Waals surface area contributed by atoms with Crippen molar-refractivity contribution in [2.75, 3.05) is 31.5 Å². The number of aromatic nitrogens is 1. The Morgan fingerprint density at radius 3 is 2.57 bits per heavy atom.